The van der Waals surface area contributed by atoms with E-state index in [4.69, 9.17) is 0 Å². The molecule has 1 aliphatic rings. The molecule has 0 saturated carbocycles. The number of thiophene rings is 2. The summed E-state index contributed by atoms with van der Waals surface area (Å²) in [6, 6.07) is 78.7. The van der Waals surface area contributed by atoms with Gasteiger partial charge in [-0.3, -0.25) is 0 Å². The highest BCUT2D eigenvalue weighted by atomic mass is 32.1. The fraction of sp³-hybridized carbons (Fsp3) is 0.0182. The van der Waals surface area contributed by atoms with Gasteiger partial charge in [-0.1, -0.05) is 158 Å². The maximum absolute atomic E-state index is 2.48. The highest BCUT2D eigenvalue weighted by Gasteiger charge is 2.46. The lowest BCUT2D eigenvalue weighted by atomic mass is 9.68. The fourth-order valence-corrected chi connectivity index (χ4v) is 11.9. The van der Waals surface area contributed by atoms with Gasteiger partial charge in [0.1, 0.15) is 0 Å². The summed E-state index contributed by atoms with van der Waals surface area (Å²) in [5.74, 6) is 0. The molecule has 1 nitrogen and oxygen atoms in total. The maximum atomic E-state index is 2.48. The van der Waals surface area contributed by atoms with Crippen molar-refractivity contribution in [2.24, 2.45) is 0 Å². The minimum atomic E-state index is -0.445. The first-order valence-corrected chi connectivity index (χ1v) is 21.5. The van der Waals surface area contributed by atoms with Gasteiger partial charge in [0.25, 0.3) is 0 Å². The van der Waals surface area contributed by atoms with Gasteiger partial charge in [0.2, 0.25) is 0 Å². The Bertz CT molecular complexity index is 3300. The van der Waals surface area contributed by atoms with Crippen LogP contribution in [-0.4, -0.2) is 0 Å². The molecule has 12 rings (SSSR count). The van der Waals surface area contributed by atoms with Gasteiger partial charge < -0.3 is 4.90 Å². The molecule has 0 unspecified atom stereocenters. The molecule has 3 heteroatoms. The Labute approximate surface area is 345 Å². The van der Waals surface area contributed by atoms with Crippen LogP contribution >= 0.6 is 22.7 Å². The Balaban J connectivity index is 1.07. The molecule has 0 atom stereocenters. The monoisotopic (exact) mass is 773 g/mol. The smallest absolute Gasteiger partial charge is 0.0713 e. The average Bonchev–Trinajstić information content (AvgIpc) is 3.96. The molecule has 2 aromatic heterocycles. The van der Waals surface area contributed by atoms with Gasteiger partial charge >= 0.3 is 0 Å². The standard InChI is InChI=1S/C55H35NS2/c1-3-14-38(15-4-1)55(39-16-5-2-6-17-39)48-22-10-7-18-42(48)46-35-41(31-32-49(46)55)56(50-23-13-21-45-43-19-8-12-25-52(43)58-54(45)50)40-29-26-36(27-30-40)37-28-33-53-47(34-37)44-20-9-11-24-51(44)57-53/h1-35H. The van der Waals surface area contributed by atoms with E-state index in [1.807, 2.05) is 22.7 Å². The minimum Gasteiger partial charge on any atom is -0.309 e. The minimum absolute atomic E-state index is 0.445. The van der Waals surface area contributed by atoms with Crippen molar-refractivity contribution in [2.45, 2.75) is 5.41 Å². The summed E-state index contributed by atoms with van der Waals surface area (Å²) in [4.78, 5) is 2.48. The van der Waals surface area contributed by atoms with Crippen LogP contribution in [-0.2, 0) is 5.41 Å². The summed E-state index contributed by atoms with van der Waals surface area (Å²) in [7, 11) is 0. The molecule has 272 valence electrons. The zero-order chi connectivity index (χ0) is 38.2. The van der Waals surface area contributed by atoms with E-state index in [2.05, 4.69) is 217 Å². The molecule has 0 bridgehead atoms. The first-order valence-electron chi connectivity index (χ1n) is 19.8. The first kappa shape index (κ1) is 33.4. The largest absolute Gasteiger partial charge is 0.309 e. The summed E-state index contributed by atoms with van der Waals surface area (Å²) < 4.78 is 5.24. The maximum Gasteiger partial charge on any atom is 0.0713 e. The highest BCUT2D eigenvalue weighted by Crippen LogP contribution is 2.57. The van der Waals surface area contributed by atoms with Crippen molar-refractivity contribution in [2.75, 3.05) is 4.90 Å². The summed E-state index contributed by atoms with van der Waals surface area (Å²) in [5.41, 5.74) is 13.1. The topological polar surface area (TPSA) is 3.24 Å². The van der Waals surface area contributed by atoms with Crippen molar-refractivity contribution in [3.63, 3.8) is 0 Å². The Morgan fingerprint density at radius 3 is 1.67 bits per heavy atom. The van der Waals surface area contributed by atoms with Crippen molar-refractivity contribution < 1.29 is 0 Å². The Hall–Kier alpha value is -6.78. The normalized spacial score (nSPS) is 13.0. The molecule has 58 heavy (non-hydrogen) atoms. The van der Waals surface area contributed by atoms with E-state index >= 15 is 0 Å². The van der Waals surface area contributed by atoms with Gasteiger partial charge in [0.05, 0.1) is 15.8 Å². The summed E-state index contributed by atoms with van der Waals surface area (Å²) >= 11 is 3.74. The fourth-order valence-electron chi connectivity index (χ4n) is 9.62. The number of anilines is 3. The molecule has 0 fully saturated rings. The Morgan fingerprint density at radius 1 is 0.345 bits per heavy atom. The number of fused-ring (bicyclic) bond motifs is 9. The number of rotatable bonds is 6. The van der Waals surface area contributed by atoms with E-state index in [1.54, 1.807) is 0 Å². The SMILES string of the molecule is c1ccc(C2(c3ccccc3)c3ccccc3-c3cc(N(c4ccc(-c5ccc6sc7ccccc7c6c5)cc4)c4cccc5c4sc4ccccc45)ccc32)cc1. The van der Waals surface area contributed by atoms with E-state index in [-0.39, 0.29) is 0 Å². The molecule has 0 N–H and O–H groups in total. The van der Waals surface area contributed by atoms with Crippen molar-refractivity contribution in [3.05, 3.63) is 235 Å². The van der Waals surface area contributed by atoms with Gasteiger partial charge in [-0.05, 0) is 99.1 Å². The molecule has 0 aliphatic heterocycles. The zero-order valence-corrected chi connectivity index (χ0v) is 33.1. The van der Waals surface area contributed by atoms with E-state index in [0.29, 0.717) is 0 Å². The predicted molar refractivity (Wildman–Crippen MR) is 250 cm³/mol. The van der Waals surface area contributed by atoms with E-state index in [0.717, 1.165) is 11.4 Å². The summed E-state index contributed by atoms with van der Waals surface area (Å²) in [5, 5.41) is 5.23. The molecule has 0 amide bonds. The molecule has 11 aromatic rings. The van der Waals surface area contributed by atoms with E-state index < -0.39 is 5.41 Å². The molecule has 0 radical (unpaired) electrons. The molecular formula is C55H35NS2. The van der Waals surface area contributed by atoms with Gasteiger partial charge in [0, 0.05) is 47.0 Å². The highest BCUT2D eigenvalue weighted by molar-refractivity contribution is 7.26. The zero-order valence-electron chi connectivity index (χ0n) is 31.5. The number of benzene rings is 9. The van der Waals surface area contributed by atoms with Crippen LogP contribution < -0.4 is 4.90 Å². The van der Waals surface area contributed by atoms with Crippen LogP contribution in [0.25, 0.3) is 62.6 Å². The van der Waals surface area contributed by atoms with Gasteiger partial charge in [-0.2, -0.15) is 0 Å². The third kappa shape index (κ3) is 4.94. The summed E-state index contributed by atoms with van der Waals surface area (Å²) in [6.45, 7) is 0. The van der Waals surface area contributed by atoms with Crippen LogP contribution in [0.2, 0.25) is 0 Å². The van der Waals surface area contributed by atoms with Crippen LogP contribution in [0.15, 0.2) is 212 Å². The van der Waals surface area contributed by atoms with E-state index in [9.17, 15) is 0 Å². The Morgan fingerprint density at radius 2 is 0.914 bits per heavy atom. The van der Waals surface area contributed by atoms with Gasteiger partial charge in [-0.25, -0.2) is 0 Å². The molecule has 1 aliphatic carbocycles. The van der Waals surface area contributed by atoms with Gasteiger partial charge in [-0.15, -0.1) is 22.7 Å². The molecule has 9 aromatic carbocycles. The number of hydrogen-bond acceptors (Lipinski definition) is 3. The third-order valence-corrected chi connectivity index (χ3v) is 14.5. The lowest BCUT2D eigenvalue weighted by Crippen LogP contribution is -2.28. The van der Waals surface area contributed by atoms with Crippen LogP contribution in [0.4, 0.5) is 17.1 Å². The number of nitrogens with zero attached hydrogens (tertiary/aromatic N) is 1. The van der Waals surface area contributed by atoms with Crippen LogP contribution in [0.3, 0.4) is 0 Å². The van der Waals surface area contributed by atoms with Crippen molar-refractivity contribution in [1.82, 2.24) is 0 Å². The molecular weight excluding hydrogens is 739 g/mol. The van der Waals surface area contributed by atoms with Crippen LogP contribution in [0.5, 0.6) is 0 Å². The predicted octanol–water partition coefficient (Wildman–Crippen LogP) is 15.9. The second-order valence-corrected chi connectivity index (χ2v) is 17.3. The molecule has 2 heterocycles. The van der Waals surface area contributed by atoms with Gasteiger partial charge in [0.15, 0.2) is 0 Å². The van der Waals surface area contributed by atoms with E-state index in [1.165, 1.54) is 90.5 Å². The lowest BCUT2D eigenvalue weighted by molar-refractivity contribution is 0.768. The van der Waals surface area contributed by atoms with Crippen molar-refractivity contribution in [3.8, 4) is 22.3 Å². The quantitative estimate of drug-likeness (QED) is 0.163. The second kappa shape index (κ2) is 13.1. The number of hydrogen-bond donors (Lipinski definition) is 0. The van der Waals surface area contributed by atoms with Crippen LogP contribution in [0, 0.1) is 0 Å². The summed E-state index contributed by atoms with van der Waals surface area (Å²) in [6.07, 6.45) is 0. The van der Waals surface area contributed by atoms with Crippen molar-refractivity contribution >= 4 is 80.1 Å². The van der Waals surface area contributed by atoms with Crippen LogP contribution in [0.1, 0.15) is 22.3 Å². The first-order chi connectivity index (χ1) is 28.8. The second-order valence-electron chi connectivity index (χ2n) is 15.2. The third-order valence-electron chi connectivity index (χ3n) is 12.2. The van der Waals surface area contributed by atoms with Crippen molar-refractivity contribution in [1.29, 1.82) is 0 Å². The molecule has 0 saturated heterocycles. The molecule has 0 spiro atoms. The average molecular weight is 774 g/mol. The lowest BCUT2D eigenvalue weighted by Gasteiger charge is -2.34. The Kier molecular flexibility index (Phi) is 7.56.